The molecular weight excluding hydrogens is 571 g/mol. The van der Waals surface area contributed by atoms with Crippen LogP contribution < -0.4 is 33.7 Å². The third-order valence-corrected chi connectivity index (χ3v) is 7.84. The molecular formula is C26H24Cl3N4O4S+. The lowest BCUT2D eigenvalue weighted by atomic mass is 10.1. The van der Waals surface area contributed by atoms with Crippen LogP contribution in [0.3, 0.4) is 0 Å². The van der Waals surface area contributed by atoms with E-state index in [1.165, 1.54) is 6.07 Å². The van der Waals surface area contributed by atoms with Crippen LogP contribution in [0.4, 0.5) is 22.7 Å². The molecule has 0 spiro atoms. The summed E-state index contributed by atoms with van der Waals surface area (Å²) >= 11 is 18.1. The zero-order valence-electron chi connectivity index (χ0n) is 20.4. The summed E-state index contributed by atoms with van der Waals surface area (Å²) in [5.41, 5.74) is 3.21. The summed E-state index contributed by atoms with van der Waals surface area (Å²) in [6.45, 7) is 1.82. The van der Waals surface area contributed by atoms with Crippen molar-refractivity contribution in [3.05, 3.63) is 82.3 Å². The van der Waals surface area contributed by atoms with Crippen molar-refractivity contribution in [1.82, 2.24) is 4.65 Å². The lowest BCUT2D eigenvalue weighted by molar-refractivity contribution is -1.92. The van der Waals surface area contributed by atoms with Crippen molar-refractivity contribution in [3.63, 3.8) is 0 Å². The van der Waals surface area contributed by atoms with Crippen molar-refractivity contribution in [1.29, 1.82) is 0 Å². The fraction of sp³-hybridized carbons (Fsp3) is 0.192. The molecule has 1 aliphatic heterocycles. The lowest BCUT2D eigenvalue weighted by Gasteiger charge is -2.31. The van der Waals surface area contributed by atoms with E-state index >= 15 is 0 Å². The number of rotatable bonds is 7. The Morgan fingerprint density at radius 1 is 1.13 bits per heavy atom. The van der Waals surface area contributed by atoms with Gasteiger partial charge in [0.2, 0.25) is 11.9 Å². The van der Waals surface area contributed by atoms with Crippen molar-refractivity contribution in [2.45, 2.75) is 19.6 Å². The second kappa shape index (κ2) is 11.2. The number of terminal acetylenes is 1. The minimum Gasteiger partial charge on any atom is -0.332 e. The van der Waals surface area contributed by atoms with E-state index in [-0.39, 0.29) is 23.1 Å². The number of hydrogen-bond donors (Lipinski definition) is 1. The fourth-order valence-electron chi connectivity index (χ4n) is 4.43. The minimum absolute atomic E-state index is 0.0175. The highest BCUT2D eigenvalue weighted by Crippen LogP contribution is 2.50. The standard InChI is InChI=1S/C26H23Cl3N4O4S/c1-4-14-32-18(2)33(37-29(34,35)36,25-16-23(28)22(27)15-24(25)32)17-19-10-12-20(13-11-19)30-26(38)31(3)21-8-6-5-7-9-21/h1,5-13,15-16,18H,14,17H2,2-3H3/p+1. The zero-order chi connectivity index (χ0) is 27.7. The predicted molar refractivity (Wildman–Crippen MR) is 146 cm³/mol. The minimum atomic E-state index is -4.83. The molecule has 1 heterocycles. The van der Waals surface area contributed by atoms with Crippen LogP contribution in [0.25, 0.3) is 0 Å². The molecule has 3 aromatic carbocycles. The number of benzene rings is 3. The van der Waals surface area contributed by atoms with E-state index in [9.17, 15) is 14.0 Å². The van der Waals surface area contributed by atoms with Gasteiger partial charge in [0.15, 0.2) is 11.7 Å². The maximum atomic E-state index is 11.9. The van der Waals surface area contributed by atoms with Crippen molar-refractivity contribution < 1.29 is 28.6 Å². The van der Waals surface area contributed by atoms with Crippen LogP contribution >= 0.6 is 35.4 Å². The van der Waals surface area contributed by atoms with Gasteiger partial charge < -0.3 is 15.1 Å². The average Bonchev–Trinajstić information content (AvgIpc) is 3.06. The summed E-state index contributed by atoms with van der Waals surface area (Å²) in [4.78, 5) is 3.58. The van der Waals surface area contributed by atoms with Gasteiger partial charge >= 0.3 is 0 Å². The number of halogens is 3. The molecule has 0 saturated heterocycles. The molecule has 0 radical (unpaired) electrons. The molecule has 0 bridgehead atoms. The third-order valence-electron chi connectivity index (χ3n) is 6.33. The van der Waals surface area contributed by atoms with Crippen LogP contribution in [0, 0.1) is 22.6 Å². The first kappa shape index (κ1) is 28.4. The normalized spacial score (nSPS) is 18.6. The van der Waals surface area contributed by atoms with Gasteiger partial charge in [0.25, 0.3) is 4.39 Å². The molecule has 12 heteroatoms. The highest BCUT2D eigenvalue weighted by Gasteiger charge is 2.61. The molecule has 3 aromatic rings. The number of fused-ring (bicyclic) bond motifs is 1. The van der Waals surface area contributed by atoms with E-state index in [0.717, 1.165) is 11.4 Å². The first-order valence-electron chi connectivity index (χ1n) is 11.3. The number of para-hydroxylation sites is 1. The second-order valence-electron chi connectivity index (χ2n) is 8.64. The SMILES string of the molecule is C#CCN1c2cc(Cl)c(Cl)cc2[N+](Cc2ccc(NC(=S)N(C)c3ccccc3)cc2)(O[Cl+3]([O-])([O-])[O-])C1C. The average molecular weight is 595 g/mol. The maximum absolute atomic E-state index is 11.9. The summed E-state index contributed by atoms with van der Waals surface area (Å²) < 4.78 is 40.4. The van der Waals surface area contributed by atoms with E-state index in [1.54, 1.807) is 42.2 Å². The largest absolute Gasteiger partial charge is 0.332 e. The van der Waals surface area contributed by atoms with Gasteiger partial charge in [-0.05, 0) is 42.5 Å². The van der Waals surface area contributed by atoms with Crippen LogP contribution in [0.2, 0.25) is 10.0 Å². The van der Waals surface area contributed by atoms with Gasteiger partial charge in [-0.2, -0.15) is 14.0 Å². The number of hydroxylamine groups is 2. The lowest BCUT2D eigenvalue weighted by Crippen LogP contribution is -2.70. The van der Waals surface area contributed by atoms with Crippen molar-refractivity contribution in [2.24, 2.45) is 0 Å². The Hall–Kier alpha value is -2.62. The Kier molecular flexibility index (Phi) is 8.40. The number of hydrogen-bond acceptors (Lipinski definition) is 6. The molecule has 2 atom stereocenters. The molecule has 0 fully saturated rings. The fourth-order valence-corrected chi connectivity index (χ4v) is 5.51. The molecule has 1 N–H and O–H groups in total. The number of thiocarbonyl (C=S) groups is 1. The van der Waals surface area contributed by atoms with Gasteiger partial charge in [0.05, 0.1) is 16.6 Å². The Bertz CT molecular complexity index is 1370. The molecule has 4 rings (SSSR count). The maximum Gasteiger partial charge on any atom is 0.276 e. The molecule has 0 saturated carbocycles. The van der Waals surface area contributed by atoms with Gasteiger partial charge in [-0.3, -0.25) is 0 Å². The number of nitrogens with one attached hydrogen (secondary N) is 1. The Morgan fingerprint density at radius 3 is 2.37 bits per heavy atom. The number of nitrogens with zero attached hydrogens (tertiary/aromatic N) is 3. The van der Waals surface area contributed by atoms with Gasteiger partial charge in [0, 0.05) is 41.6 Å². The van der Waals surface area contributed by atoms with Crippen LogP contribution in [-0.4, -0.2) is 24.9 Å². The summed E-state index contributed by atoms with van der Waals surface area (Å²) in [5.74, 6) is 2.56. The van der Waals surface area contributed by atoms with E-state index < -0.39 is 21.1 Å². The van der Waals surface area contributed by atoms with Crippen molar-refractivity contribution >= 4 is 63.3 Å². The third kappa shape index (κ3) is 5.84. The van der Waals surface area contributed by atoms with E-state index in [1.807, 2.05) is 42.3 Å². The Balaban J connectivity index is 1.65. The van der Waals surface area contributed by atoms with Crippen LogP contribution in [0.5, 0.6) is 0 Å². The number of anilines is 3. The second-order valence-corrected chi connectivity index (χ2v) is 10.7. The first-order chi connectivity index (χ1) is 17.9. The molecule has 198 valence electrons. The molecule has 0 aromatic heterocycles. The first-order valence-corrected chi connectivity index (χ1v) is 13.7. The molecule has 1 aliphatic rings. The van der Waals surface area contributed by atoms with E-state index in [2.05, 4.69) is 11.2 Å². The smallest absolute Gasteiger partial charge is 0.276 e. The highest BCUT2D eigenvalue weighted by atomic mass is 35.7. The predicted octanol–water partition coefficient (Wildman–Crippen LogP) is 2.96. The number of quaternary nitrogens is 1. The van der Waals surface area contributed by atoms with Gasteiger partial charge in [-0.15, -0.1) is 6.42 Å². The summed E-state index contributed by atoms with van der Waals surface area (Å²) in [5, 5.41) is 4.11. The zero-order valence-corrected chi connectivity index (χ0v) is 23.5. The van der Waals surface area contributed by atoms with E-state index in [4.69, 9.17) is 46.2 Å². The van der Waals surface area contributed by atoms with Crippen molar-refractivity contribution in [2.75, 3.05) is 28.7 Å². The van der Waals surface area contributed by atoms with Gasteiger partial charge in [-0.1, -0.05) is 59.5 Å². The van der Waals surface area contributed by atoms with Crippen LogP contribution in [0.15, 0.2) is 66.7 Å². The molecule has 2 unspecified atom stereocenters. The summed E-state index contributed by atoms with van der Waals surface area (Å²) in [6, 6.07) is 19.9. The molecule has 8 nitrogen and oxygen atoms in total. The summed E-state index contributed by atoms with van der Waals surface area (Å²) in [6.07, 6.45) is 4.88. The van der Waals surface area contributed by atoms with E-state index in [0.29, 0.717) is 22.1 Å². The highest BCUT2D eigenvalue weighted by molar-refractivity contribution is 7.80. The Labute approximate surface area is 238 Å². The molecule has 0 amide bonds. The summed E-state index contributed by atoms with van der Waals surface area (Å²) in [7, 11) is -2.97. The van der Waals surface area contributed by atoms with Crippen LogP contribution in [0.1, 0.15) is 12.5 Å². The Morgan fingerprint density at radius 2 is 1.76 bits per heavy atom. The molecule has 38 heavy (non-hydrogen) atoms. The van der Waals surface area contributed by atoms with Gasteiger partial charge in [-0.25, -0.2) is 0 Å². The monoisotopic (exact) mass is 593 g/mol. The molecule has 0 aliphatic carbocycles. The van der Waals surface area contributed by atoms with Crippen molar-refractivity contribution in [3.8, 4) is 12.3 Å². The topological polar surface area (TPSA) is 96.9 Å². The van der Waals surface area contributed by atoms with Crippen LogP contribution in [-0.2, 0) is 10.9 Å². The van der Waals surface area contributed by atoms with Gasteiger partial charge in [0.1, 0.15) is 15.9 Å². The quantitative estimate of drug-likeness (QED) is 0.253.